The SMILES string of the molecule is COc1ccccc1NC(=O)N1CCc2c([nH]c3ccccc23)C1c1cccnc1. The summed E-state index contributed by atoms with van der Waals surface area (Å²) >= 11 is 0. The number of carbonyl (C=O) groups excluding carboxylic acids is 1. The Labute approximate surface area is 174 Å². The molecule has 0 bridgehead atoms. The number of pyridine rings is 1. The molecule has 1 atom stereocenters. The van der Waals surface area contributed by atoms with Crippen molar-refractivity contribution in [3.8, 4) is 5.75 Å². The molecule has 2 aromatic heterocycles. The Morgan fingerprint density at radius 3 is 2.80 bits per heavy atom. The van der Waals surface area contributed by atoms with Crippen molar-refractivity contribution in [2.45, 2.75) is 12.5 Å². The van der Waals surface area contributed by atoms with Crippen LogP contribution in [0, 0.1) is 0 Å². The van der Waals surface area contributed by atoms with Gasteiger partial charge in [0, 0.05) is 35.5 Å². The fourth-order valence-corrected chi connectivity index (χ4v) is 4.28. The largest absolute Gasteiger partial charge is 0.495 e. The molecule has 150 valence electrons. The number of H-pyrrole nitrogens is 1. The molecule has 6 heteroatoms. The molecule has 1 aliphatic heterocycles. The Morgan fingerprint density at radius 2 is 1.97 bits per heavy atom. The number of benzene rings is 2. The summed E-state index contributed by atoms with van der Waals surface area (Å²) < 4.78 is 5.39. The van der Waals surface area contributed by atoms with Crippen molar-refractivity contribution in [1.29, 1.82) is 0 Å². The van der Waals surface area contributed by atoms with E-state index < -0.39 is 0 Å². The highest BCUT2D eigenvalue weighted by molar-refractivity contribution is 5.92. The molecule has 0 saturated carbocycles. The molecule has 1 aliphatic rings. The number of ether oxygens (including phenoxy) is 1. The lowest BCUT2D eigenvalue weighted by molar-refractivity contribution is 0.193. The van der Waals surface area contributed by atoms with E-state index in [9.17, 15) is 4.79 Å². The molecule has 5 rings (SSSR count). The van der Waals surface area contributed by atoms with E-state index in [-0.39, 0.29) is 12.1 Å². The van der Waals surface area contributed by atoms with Crippen LogP contribution in [0.15, 0.2) is 73.1 Å². The fraction of sp³-hybridized carbons (Fsp3) is 0.167. The van der Waals surface area contributed by atoms with E-state index in [1.807, 2.05) is 53.6 Å². The molecule has 0 spiro atoms. The molecule has 6 nitrogen and oxygen atoms in total. The maximum atomic E-state index is 13.4. The van der Waals surface area contributed by atoms with Crippen molar-refractivity contribution in [2.24, 2.45) is 0 Å². The number of aromatic nitrogens is 2. The first-order valence-electron chi connectivity index (χ1n) is 9.96. The summed E-state index contributed by atoms with van der Waals surface area (Å²) in [5, 5.41) is 4.24. The van der Waals surface area contributed by atoms with Gasteiger partial charge in [-0.05, 0) is 41.8 Å². The van der Waals surface area contributed by atoms with E-state index in [0.717, 1.165) is 23.2 Å². The van der Waals surface area contributed by atoms with Crippen LogP contribution in [-0.4, -0.2) is 34.6 Å². The minimum atomic E-state index is -0.246. The van der Waals surface area contributed by atoms with Crippen LogP contribution in [0.25, 0.3) is 10.9 Å². The van der Waals surface area contributed by atoms with Gasteiger partial charge in [0.05, 0.1) is 12.8 Å². The molecule has 2 amide bonds. The number of fused-ring (bicyclic) bond motifs is 3. The normalized spacial score (nSPS) is 15.6. The van der Waals surface area contributed by atoms with Crippen molar-refractivity contribution in [1.82, 2.24) is 14.9 Å². The molecule has 0 fully saturated rings. The number of methoxy groups -OCH3 is 1. The van der Waals surface area contributed by atoms with Gasteiger partial charge in [-0.3, -0.25) is 4.98 Å². The third kappa shape index (κ3) is 3.06. The van der Waals surface area contributed by atoms with Crippen LogP contribution in [0.5, 0.6) is 5.75 Å². The van der Waals surface area contributed by atoms with E-state index in [4.69, 9.17) is 4.74 Å². The third-order valence-corrected chi connectivity index (χ3v) is 5.64. The number of urea groups is 1. The second-order valence-corrected chi connectivity index (χ2v) is 7.33. The van der Waals surface area contributed by atoms with Gasteiger partial charge in [-0.2, -0.15) is 0 Å². The van der Waals surface area contributed by atoms with Crippen LogP contribution in [0.3, 0.4) is 0 Å². The minimum Gasteiger partial charge on any atom is -0.495 e. The lowest BCUT2D eigenvalue weighted by Gasteiger charge is -2.36. The predicted octanol–water partition coefficient (Wildman–Crippen LogP) is 4.75. The van der Waals surface area contributed by atoms with Gasteiger partial charge in [0.2, 0.25) is 0 Å². The van der Waals surface area contributed by atoms with Crippen molar-refractivity contribution in [3.05, 3.63) is 89.9 Å². The zero-order chi connectivity index (χ0) is 20.5. The van der Waals surface area contributed by atoms with Gasteiger partial charge in [0.25, 0.3) is 0 Å². The number of carbonyl (C=O) groups is 1. The summed E-state index contributed by atoms with van der Waals surface area (Å²) in [6, 6.07) is 19.2. The molecule has 0 saturated heterocycles. The summed E-state index contributed by atoms with van der Waals surface area (Å²) in [6.07, 6.45) is 4.36. The quantitative estimate of drug-likeness (QED) is 0.523. The molecule has 2 aromatic carbocycles. The van der Waals surface area contributed by atoms with E-state index in [0.29, 0.717) is 18.0 Å². The van der Waals surface area contributed by atoms with Gasteiger partial charge in [-0.1, -0.05) is 36.4 Å². The van der Waals surface area contributed by atoms with Crippen molar-refractivity contribution < 1.29 is 9.53 Å². The molecule has 1 unspecified atom stereocenters. The molecular formula is C24H22N4O2. The van der Waals surface area contributed by atoms with Crippen molar-refractivity contribution in [2.75, 3.05) is 19.0 Å². The van der Waals surface area contributed by atoms with Crippen LogP contribution in [0.2, 0.25) is 0 Å². The zero-order valence-corrected chi connectivity index (χ0v) is 16.6. The number of hydrogen-bond donors (Lipinski definition) is 2. The average molecular weight is 398 g/mol. The van der Waals surface area contributed by atoms with Gasteiger partial charge in [0.1, 0.15) is 11.8 Å². The lowest BCUT2D eigenvalue weighted by Crippen LogP contribution is -2.43. The van der Waals surface area contributed by atoms with Gasteiger partial charge in [0.15, 0.2) is 0 Å². The first-order valence-corrected chi connectivity index (χ1v) is 9.96. The fourth-order valence-electron chi connectivity index (χ4n) is 4.28. The van der Waals surface area contributed by atoms with E-state index in [1.54, 1.807) is 13.3 Å². The second-order valence-electron chi connectivity index (χ2n) is 7.33. The monoisotopic (exact) mass is 398 g/mol. The highest BCUT2D eigenvalue weighted by atomic mass is 16.5. The van der Waals surface area contributed by atoms with Gasteiger partial charge >= 0.3 is 6.03 Å². The maximum Gasteiger partial charge on any atom is 0.322 e. The summed E-state index contributed by atoms with van der Waals surface area (Å²) in [6.45, 7) is 0.607. The van der Waals surface area contributed by atoms with Crippen LogP contribution in [-0.2, 0) is 6.42 Å². The molecule has 30 heavy (non-hydrogen) atoms. The average Bonchev–Trinajstić information content (AvgIpc) is 3.18. The van der Waals surface area contributed by atoms with Crippen LogP contribution in [0.4, 0.5) is 10.5 Å². The maximum absolute atomic E-state index is 13.4. The molecule has 4 aromatic rings. The van der Waals surface area contributed by atoms with Gasteiger partial charge in [-0.25, -0.2) is 4.79 Å². The molecule has 0 aliphatic carbocycles. The smallest absolute Gasteiger partial charge is 0.322 e. The Kier molecular flexibility index (Phi) is 4.59. The third-order valence-electron chi connectivity index (χ3n) is 5.64. The number of hydrogen-bond acceptors (Lipinski definition) is 3. The van der Waals surface area contributed by atoms with Crippen LogP contribution >= 0.6 is 0 Å². The van der Waals surface area contributed by atoms with E-state index in [2.05, 4.69) is 33.5 Å². The van der Waals surface area contributed by atoms with Crippen LogP contribution < -0.4 is 10.1 Å². The molecule has 0 radical (unpaired) electrons. The Bertz CT molecular complexity index is 1200. The number of nitrogens with zero attached hydrogens (tertiary/aromatic N) is 2. The predicted molar refractivity (Wildman–Crippen MR) is 117 cm³/mol. The summed E-state index contributed by atoms with van der Waals surface area (Å²) in [5.74, 6) is 0.632. The van der Waals surface area contributed by atoms with Crippen LogP contribution in [0.1, 0.15) is 22.9 Å². The number of amides is 2. The molecule has 2 N–H and O–H groups in total. The van der Waals surface area contributed by atoms with Gasteiger partial charge < -0.3 is 19.9 Å². The zero-order valence-electron chi connectivity index (χ0n) is 16.6. The standard InChI is InChI=1S/C24H22N4O2/c1-30-21-11-5-4-10-20(21)27-24(29)28-14-12-18-17-8-2-3-9-19(17)26-22(18)23(28)16-7-6-13-25-15-16/h2-11,13,15,23,26H,12,14H2,1H3,(H,27,29). The number of anilines is 1. The minimum absolute atomic E-state index is 0.169. The first kappa shape index (κ1) is 18.2. The highest BCUT2D eigenvalue weighted by Gasteiger charge is 2.34. The summed E-state index contributed by atoms with van der Waals surface area (Å²) in [4.78, 5) is 23.1. The number of rotatable bonds is 3. The first-order chi connectivity index (χ1) is 14.8. The summed E-state index contributed by atoms with van der Waals surface area (Å²) in [7, 11) is 1.60. The number of para-hydroxylation sites is 3. The molecule has 3 heterocycles. The Balaban J connectivity index is 1.57. The van der Waals surface area contributed by atoms with E-state index in [1.165, 1.54) is 10.9 Å². The topological polar surface area (TPSA) is 70.2 Å². The Hall–Kier alpha value is -3.80. The number of aromatic amines is 1. The number of nitrogens with one attached hydrogen (secondary N) is 2. The van der Waals surface area contributed by atoms with Gasteiger partial charge in [-0.15, -0.1) is 0 Å². The van der Waals surface area contributed by atoms with Crippen molar-refractivity contribution in [3.63, 3.8) is 0 Å². The van der Waals surface area contributed by atoms with Crippen molar-refractivity contribution >= 4 is 22.6 Å². The lowest BCUT2D eigenvalue weighted by atomic mass is 9.93. The van der Waals surface area contributed by atoms with E-state index >= 15 is 0 Å². The highest BCUT2D eigenvalue weighted by Crippen LogP contribution is 2.38. The second kappa shape index (κ2) is 7.55. The molecular weight excluding hydrogens is 376 g/mol. The Morgan fingerprint density at radius 1 is 1.13 bits per heavy atom. The summed E-state index contributed by atoms with van der Waals surface area (Å²) in [5.41, 5.74) is 5.02.